The second kappa shape index (κ2) is 5.81. The van der Waals surface area contributed by atoms with Crippen molar-refractivity contribution >= 4 is 11.7 Å². The molecule has 2 rings (SSSR count). The Kier molecular flexibility index (Phi) is 4.31. The van der Waals surface area contributed by atoms with Gasteiger partial charge in [0.25, 0.3) is 0 Å². The molecule has 0 radical (unpaired) electrons. The highest BCUT2D eigenvalue weighted by molar-refractivity contribution is 5.75. The molecule has 1 aromatic rings. The van der Waals surface area contributed by atoms with Gasteiger partial charge in [-0.25, -0.2) is 4.39 Å². The minimum atomic E-state index is -0.729. The Morgan fingerprint density at radius 3 is 2.65 bits per heavy atom. The summed E-state index contributed by atoms with van der Waals surface area (Å²) in [5, 5.41) is 9.62. The molecule has 110 valence electrons. The van der Waals surface area contributed by atoms with E-state index >= 15 is 0 Å². The van der Waals surface area contributed by atoms with Crippen LogP contribution in [0.2, 0.25) is 0 Å². The highest BCUT2D eigenvalue weighted by atomic mass is 19.1. The summed E-state index contributed by atoms with van der Waals surface area (Å²) in [7, 11) is 1.83. The molecule has 0 bridgehead atoms. The second-order valence-electron chi connectivity index (χ2n) is 6.10. The molecule has 0 heterocycles. The Hall–Kier alpha value is -1.58. The summed E-state index contributed by atoms with van der Waals surface area (Å²) in [6.07, 6.45) is 3.29. The maximum atomic E-state index is 13.3. The van der Waals surface area contributed by atoms with Crippen LogP contribution in [0.3, 0.4) is 0 Å². The fourth-order valence-electron chi connectivity index (χ4n) is 3.01. The molecule has 1 saturated carbocycles. The van der Waals surface area contributed by atoms with Crippen molar-refractivity contribution in [2.75, 3.05) is 18.5 Å². The molecular formula is C16H22FNO2. The van der Waals surface area contributed by atoms with Gasteiger partial charge in [-0.1, -0.05) is 13.0 Å². The van der Waals surface area contributed by atoms with Crippen LogP contribution in [0.15, 0.2) is 24.3 Å². The molecule has 20 heavy (non-hydrogen) atoms. The molecule has 0 spiro atoms. The van der Waals surface area contributed by atoms with Crippen molar-refractivity contribution in [1.29, 1.82) is 0 Å². The van der Waals surface area contributed by atoms with E-state index in [1.165, 1.54) is 12.1 Å². The van der Waals surface area contributed by atoms with Crippen molar-refractivity contribution in [3.63, 3.8) is 0 Å². The molecule has 1 fully saturated rings. The van der Waals surface area contributed by atoms with Crippen LogP contribution >= 0.6 is 0 Å². The third-order valence-electron chi connectivity index (χ3n) is 4.47. The van der Waals surface area contributed by atoms with Gasteiger partial charge in [0.1, 0.15) is 5.82 Å². The van der Waals surface area contributed by atoms with Crippen LogP contribution in [-0.2, 0) is 4.79 Å². The van der Waals surface area contributed by atoms with E-state index in [4.69, 9.17) is 0 Å². The van der Waals surface area contributed by atoms with Gasteiger partial charge in [0, 0.05) is 19.3 Å². The number of nitrogens with zero attached hydrogens (tertiary/aromatic N) is 1. The molecule has 3 nitrogen and oxygen atoms in total. The summed E-state index contributed by atoms with van der Waals surface area (Å²) in [6.45, 7) is 2.60. The molecule has 0 saturated heterocycles. The maximum absolute atomic E-state index is 13.3. The smallest absolute Gasteiger partial charge is 0.311 e. The van der Waals surface area contributed by atoms with Crippen LogP contribution < -0.4 is 4.90 Å². The monoisotopic (exact) mass is 279 g/mol. The van der Waals surface area contributed by atoms with Gasteiger partial charge >= 0.3 is 5.97 Å². The minimum Gasteiger partial charge on any atom is -0.481 e. The lowest BCUT2D eigenvalue weighted by molar-refractivity contribution is -0.150. The Labute approximate surface area is 119 Å². The SMILES string of the molecule is CC1CCC(CN(C)c2cccc(F)c2)(C(=O)O)CC1. The third kappa shape index (κ3) is 3.11. The van der Waals surface area contributed by atoms with Crippen LogP contribution in [0.25, 0.3) is 0 Å². The minimum absolute atomic E-state index is 0.295. The molecular weight excluding hydrogens is 257 g/mol. The predicted molar refractivity (Wildman–Crippen MR) is 77.4 cm³/mol. The van der Waals surface area contributed by atoms with Gasteiger partial charge in [0.05, 0.1) is 5.41 Å². The van der Waals surface area contributed by atoms with Crippen molar-refractivity contribution in [1.82, 2.24) is 0 Å². The van der Waals surface area contributed by atoms with E-state index in [1.54, 1.807) is 6.07 Å². The van der Waals surface area contributed by atoms with E-state index in [1.807, 2.05) is 18.0 Å². The molecule has 1 N–H and O–H groups in total. The lowest BCUT2D eigenvalue weighted by Crippen LogP contribution is -2.44. The largest absolute Gasteiger partial charge is 0.481 e. The number of anilines is 1. The number of rotatable bonds is 4. The van der Waals surface area contributed by atoms with Gasteiger partial charge in [0.2, 0.25) is 0 Å². The number of benzene rings is 1. The first kappa shape index (κ1) is 14.8. The molecule has 1 aliphatic carbocycles. The number of hydrogen-bond acceptors (Lipinski definition) is 2. The molecule has 0 atom stereocenters. The first-order valence-electron chi connectivity index (χ1n) is 7.13. The van der Waals surface area contributed by atoms with Crippen molar-refractivity contribution < 1.29 is 14.3 Å². The standard InChI is InChI=1S/C16H22FNO2/c1-12-6-8-16(9-7-12,15(19)20)11-18(2)14-5-3-4-13(17)10-14/h3-5,10,12H,6-9,11H2,1-2H3,(H,19,20). The van der Waals surface area contributed by atoms with Gasteiger partial charge in [-0.2, -0.15) is 0 Å². The third-order valence-corrected chi connectivity index (χ3v) is 4.47. The summed E-state index contributed by atoms with van der Waals surface area (Å²) in [5.41, 5.74) is 0.0253. The van der Waals surface area contributed by atoms with E-state index in [9.17, 15) is 14.3 Å². The predicted octanol–water partition coefficient (Wildman–Crippen LogP) is 3.54. The highest BCUT2D eigenvalue weighted by Crippen LogP contribution is 2.40. The molecule has 0 amide bonds. The van der Waals surface area contributed by atoms with E-state index in [0.29, 0.717) is 25.3 Å². The topological polar surface area (TPSA) is 40.5 Å². The van der Waals surface area contributed by atoms with Crippen molar-refractivity contribution in [2.45, 2.75) is 32.6 Å². The van der Waals surface area contributed by atoms with Crippen LogP contribution in [0.1, 0.15) is 32.6 Å². The summed E-state index contributed by atoms with van der Waals surface area (Å²) in [5.74, 6) is -0.425. The van der Waals surface area contributed by atoms with Gasteiger partial charge < -0.3 is 10.0 Å². The van der Waals surface area contributed by atoms with Gasteiger partial charge in [-0.05, 0) is 49.8 Å². The molecule has 0 aliphatic heterocycles. The number of aliphatic carboxylic acids is 1. The number of hydrogen-bond donors (Lipinski definition) is 1. The molecule has 0 aromatic heterocycles. The van der Waals surface area contributed by atoms with E-state index in [2.05, 4.69) is 6.92 Å². The average molecular weight is 279 g/mol. The molecule has 1 aliphatic rings. The molecule has 1 aromatic carbocycles. The first-order valence-corrected chi connectivity index (χ1v) is 7.13. The summed E-state index contributed by atoms with van der Waals surface area (Å²) in [4.78, 5) is 13.6. The fraction of sp³-hybridized carbons (Fsp3) is 0.562. The van der Waals surface area contributed by atoms with E-state index in [-0.39, 0.29) is 5.82 Å². The number of carbonyl (C=O) groups is 1. The van der Waals surface area contributed by atoms with Crippen LogP contribution in [0.5, 0.6) is 0 Å². The van der Waals surface area contributed by atoms with Crippen molar-refractivity contribution in [3.8, 4) is 0 Å². The van der Waals surface area contributed by atoms with Crippen LogP contribution in [0, 0.1) is 17.2 Å². The van der Waals surface area contributed by atoms with E-state index in [0.717, 1.165) is 18.5 Å². The van der Waals surface area contributed by atoms with Crippen LogP contribution in [-0.4, -0.2) is 24.7 Å². The maximum Gasteiger partial charge on any atom is 0.311 e. The zero-order chi connectivity index (χ0) is 14.8. The zero-order valence-electron chi connectivity index (χ0n) is 12.1. The molecule has 0 unspecified atom stereocenters. The second-order valence-corrected chi connectivity index (χ2v) is 6.10. The summed E-state index contributed by atoms with van der Waals surface area (Å²) in [6, 6.07) is 6.30. The fourth-order valence-corrected chi connectivity index (χ4v) is 3.01. The lowest BCUT2D eigenvalue weighted by atomic mass is 9.70. The van der Waals surface area contributed by atoms with Gasteiger partial charge in [-0.3, -0.25) is 4.79 Å². The number of carboxylic acid groups (broad SMARTS) is 1. The lowest BCUT2D eigenvalue weighted by Gasteiger charge is -2.39. The number of halogens is 1. The van der Waals surface area contributed by atoms with Crippen molar-refractivity contribution in [3.05, 3.63) is 30.1 Å². The Morgan fingerprint density at radius 1 is 1.45 bits per heavy atom. The summed E-state index contributed by atoms with van der Waals surface area (Å²) >= 11 is 0. The Balaban J connectivity index is 2.14. The summed E-state index contributed by atoms with van der Waals surface area (Å²) < 4.78 is 13.3. The normalized spacial score (nSPS) is 26.2. The van der Waals surface area contributed by atoms with Crippen LogP contribution in [0.4, 0.5) is 10.1 Å². The van der Waals surface area contributed by atoms with E-state index < -0.39 is 11.4 Å². The average Bonchev–Trinajstić information content (AvgIpc) is 2.41. The molecule has 4 heteroatoms. The van der Waals surface area contributed by atoms with Gasteiger partial charge in [-0.15, -0.1) is 0 Å². The zero-order valence-corrected chi connectivity index (χ0v) is 12.1. The Bertz CT molecular complexity index is 481. The van der Waals surface area contributed by atoms with Crippen molar-refractivity contribution in [2.24, 2.45) is 11.3 Å². The Morgan fingerprint density at radius 2 is 2.10 bits per heavy atom. The number of carboxylic acids is 1. The quantitative estimate of drug-likeness (QED) is 0.916. The van der Waals surface area contributed by atoms with Gasteiger partial charge in [0.15, 0.2) is 0 Å². The highest BCUT2D eigenvalue weighted by Gasteiger charge is 2.42. The first-order chi connectivity index (χ1) is 9.43.